The van der Waals surface area contributed by atoms with Crippen molar-refractivity contribution in [3.63, 3.8) is 0 Å². The largest absolute Gasteiger partial charge is 0.466 e. The number of alkyl halides is 1. The topological polar surface area (TPSA) is 26.3 Å². The van der Waals surface area contributed by atoms with Crippen LogP contribution in [0.25, 0.3) is 0 Å². The fraction of sp³-hybridized carbons (Fsp3) is 0.833. The molecule has 10 heavy (non-hydrogen) atoms. The second kappa shape index (κ2) is 9.87. The van der Waals surface area contributed by atoms with Gasteiger partial charge in [0.15, 0.2) is 0 Å². The van der Waals surface area contributed by atoms with Crippen molar-refractivity contribution in [2.24, 2.45) is 0 Å². The van der Waals surface area contributed by atoms with Crippen LogP contribution in [0.3, 0.4) is 0 Å². The average molecular weight is 402 g/mol. The van der Waals surface area contributed by atoms with Crippen LogP contribution in [0, 0.1) is 0 Å². The average Bonchev–Trinajstić information content (AvgIpc) is 1.85. The van der Waals surface area contributed by atoms with Crippen LogP contribution in [0.15, 0.2) is 0 Å². The van der Waals surface area contributed by atoms with Gasteiger partial charge in [0.25, 0.3) is 0 Å². The molecule has 0 fully saturated rings. The maximum Gasteiger partial charge on any atom is 0.305 e. The first-order chi connectivity index (χ1) is 4.31. The van der Waals surface area contributed by atoms with Gasteiger partial charge >= 0.3 is 5.97 Å². The molecule has 58 valence electrons. The summed E-state index contributed by atoms with van der Waals surface area (Å²) in [7, 11) is 0. The first kappa shape index (κ1) is 13.5. The summed E-state index contributed by atoms with van der Waals surface area (Å²) < 4.78 is 4.68. The minimum atomic E-state index is -0.100. The fourth-order valence-electron chi connectivity index (χ4n) is 0.444. The predicted molar refractivity (Wildman–Crippen MR) is 45.4 cm³/mol. The van der Waals surface area contributed by atoms with E-state index in [-0.39, 0.29) is 33.3 Å². The van der Waals surface area contributed by atoms with Crippen molar-refractivity contribution in [1.29, 1.82) is 0 Å². The molecule has 0 atom stereocenters. The van der Waals surface area contributed by atoms with Gasteiger partial charge in [-0.3, -0.25) is 4.79 Å². The Kier molecular flexibility index (Phi) is 13.3. The van der Waals surface area contributed by atoms with Crippen LogP contribution in [-0.4, -0.2) is 45.2 Å². The quantitative estimate of drug-likeness (QED) is 0.403. The van der Waals surface area contributed by atoms with Crippen LogP contribution in [0.5, 0.6) is 0 Å². The first-order valence-corrected chi connectivity index (χ1v) is 4.15. The number of carbonyl (C=O) groups excluding carboxylic acids is 1. The Bertz CT molecular complexity index is 87.8. The predicted octanol–water partition coefficient (Wildman–Crippen LogP) is 1.34. The van der Waals surface area contributed by atoms with Gasteiger partial charge in [0.2, 0.25) is 0 Å². The van der Waals surface area contributed by atoms with E-state index in [1.807, 2.05) is 6.92 Å². The van der Waals surface area contributed by atoms with Crippen molar-refractivity contribution in [1.82, 2.24) is 0 Å². The normalized spacial score (nSPS) is 8.20. The molecule has 0 aromatic rings. The third-order valence-corrected chi connectivity index (χ3v) is 1.38. The Balaban J connectivity index is 0. The van der Waals surface area contributed by atoms with E-state index in [4.69, 9.17) is 0 Å². The molecular weight excluding hydrogens is 391 g/mol. The Morgan fingerprint density at radius 2 is 2.20 bits per heavy atom. The maximum absolute atomic E-state index is 10.6. The number of esters is 1. The summed E-state index contributed by atoms with van der Waals surface area (Å²) in [5, 5.41) is 0.867. The standard InChI is InChI=1S/C6H11BrO2.Pb/c1-2-9-6(8)4-3-5-7;/h2-5H2,1H3;. The van der Waals surface area contributed by atoms with Crippen molar-refractivity contribution < 1.29 is 9.53 Å². The molecule has 4 radical (unpaired) electrons. The third kappa shape index (κ3) is 8.87. The maximum atomic E-state index is 10.6. The molecule has 0 aliphatic heterocycles. The van der Waals surface area contributed by atoms with Gasteiger partial charge in [-0.25, -0.2) is 0 Å². The monoisotopic (exact) mass is 402 g/mol. The van der Waals surface area contributed by atoms with Crippen molar-refractivity contribution in [3.05, 3.63) is 0 Å². The number of hydrogen-bond donors (Lipinski definition) is 0. The molecule has 0 saturated heterocycles. The number of halogens is 1. The molecule has 0 unspecified atom stereocenters. The molecule has 0 saturated carbocycles. The van der Waals surface area contributed by atoms with E-state index >= 15 is 0 Å². The van der Waals surface area contributed by atoms with E-state index in [0.717, 1.165) is 11.8 Å². The summed E-state index contributed by atoms with van der Waals surface area (Å²) in [4.78, 5) is 10.6. The minimum Gasteiger partial charge on any atom is -0.466 e. The summed E-state index contributed by atoms with van der Waals surface area (Å²) in [5.74, 6) is -0.100. The molecular formula is C6H11BrO2Pb. The van der Waals surface area contributed by atoms with Crippen LogP contribution >= 0.6 is 15.9 Å². The van der Waals surface area contributed by atoms with Crippen LogP contribution in [0.1, 0.15) is 19.8 Å². The zero-order valence-electron chi connectivity index (χ0n) is 6.02. The van der Waals surface area contributed by atoms with Crippen molar-refractivity contribution >= 4 is 49.2 Å². The van der Waals surface area contributed by atoms with Gasteiger partial charge in [0, 0.05) is 39.0 Å². The summed E-state index contributed by atoms with van der Waals surface area (Å²) in [6, 6.07) is 0. The van der Waals surface area contributed by atoms with Crippen molar-refractivity contribution in [3.8, 4) is 0 Å². The molecule has 4 heteroatoms. The van der Waals surface area contributed by atoms with Crippen LogP contribution in [-0.2, 0) is 9.53 Å². The van der Waals surface area contributed by atoms with Gasteiger partial charge in [-0.05, 0) is 13.3 Å². The van der Waals surface area contributed by atoms with Crippen molar-refractivity contribution in [2.75, 3.05) is 11.9 Å². The van der Waals surface area contributed by atoms with E-state index in [9.17, 15) is 4.79 Å². The number of rotatable bonds is 4. The molecule has 0 aromatic carbocycles. The molecule has 0 bridgehead atoms. The van der Waals surface area contributed by atoms with E-state index in [0.29, 0.717) is 13.0 Å². The number of ether oxygens (including phenoxy) is 1. The van der Waals surface area contributed by atoms with Gasteiger partial charge in [-0.1, -0.05) is 15.9 Å². The number of hydrogen-bond acceptors (Lipinski definition) is 2. The van der Waals surface area contributed by atoms with Crippen LogP contribution in [0.2, 0.25) is 0 Å². The Morgan fingerprint density at radius 1 is 1.60 bits per heavy atom. The molecule has 2 nitrogen and oxygen atoms in total. The molecule has 0 aliphatic carbocycles. The molecule has 0 heterocycles. The molecule has 0 rings (SSSR count). The molecule has 0 spiro atoms. The van der Waals surface area contributed by atoms with Crippen LogP contribution < -0.4 is 0 Å². The second-order valence-corrected chi connectivity index (χ2v) is 2.39. The number of carbonyl (C=O) groups is 1. The Morgan fingerprint density at radius 3 is 2.60 bits per heavy atom. The minimum absolute atomic E-state index is 0. The van der Waals surface area contributed by atoms with Gasteiger partial charge in [-0.15, -0.1) is 0 Å². The van der Waals surface area contributed by atoms with Crippen LogP contribution in [0.4, 0.5) is 0 Å². The molecule has 0 N–H and O–H groups in total. The van der Waals surface area contributed by atoms with E-state index in [1.165, 1.54) is 0 Å². The molecule has 0 aromatic heterocycles. The van der Waals surface area contributed by atoms with Gasteiger partial charge in [0.1, 0.15) is 0 Å². The molecule has 0 amide bonds. The van der Waals surface area contributed by atoms with E-state index in [2.05, 4.69) is 20.7 Å². The summed E-state index contributed by atoms with van der Waals surface area (Å²) in [5.41, 5.74) is 0. The van der Waals surface area contributed by atoms with E-state index in [1.54, 1.807) is 0 Å². The van der Waals surface area contributed by atoms with Gasteiger partial charge < -0.3 is 4.74 Å². The Labute approximate surface area is 90.0 Å². The second-order valence-electron chi connectivity index (χ2n) is 1.60. The Hall–Kier alpha value is 0.872. The van der Waals surface area contributed by atoms with Gasteiger partial charge in [-0.2, -0.15) is 0 Å². The third-order valence-electron chi connectivity index (χ3n) is 0.820. The summed E-state index contributed by atoms with van der Waals surface area (Å²) >= 11 is 3.22. The molecule has 0 aliphatic rings. The fourth-order valence-corrected chi connectivity index (χ4v) is 0.725. The SMILES string of the molecule is CCOC(=O)CCCBr.[Pb]. The van der Waals surface area contributed by atoms with Crippen molar-refractivity contribution in [2.45, 2.75) is 19.8 Å². The van der Waals surface area contributed by atoms with E-state index < -0.39 is 0 Å². The zero-order valence-corrected chi connectivity index (χ0v) is 11.5. The summed E-state index contributed by atoms with van der Waals surface area (Å²) in [6.07, 6.45) is 1.39. The smallest absolute Gasteiger partial charge is 0.305 e. The first-order valence-electron chi connectivity index (χ1n) is 3.02. The summed E-state index contributed by atoms with van der Waals surface area (Å²) in [6.45, 7) is 2.30. The van der Waals surface area contributed by atoms with Gasteiger partial charge in [0.05, 0.1) is 6.61 Å². The zero-order chi connectivity index (χ0) is 7.11.